The van der Waals surface area contributed by atoms with E-state index in [1.165, 1.54) is 14.2 Å². The third-order valence-corrected chi connectivity index (χ3v) is 3.83. The van der Waals surface area contributed by atoms with Crippen LogP contribution in [0.5, 0.6) is 0 Å². The topological polar surface area (TPSA) is 44.8 Å². The molecule has 82 valence electrons. The minimum Gasteiger partial charge on any atom is -0.465 e. The van der Waals surface area contributed by atoms with Crippen molar-refractivity contribution in [3.8, 4) is 0 Å². The lowest BCUT2D eigenvalue weighted by Crippen LogP contribution is -2.55. The summed E-state index contributed by atoms with van der Waals surface area (Å²) in [5.74, 6) is -1.67. The Hall–Kier alpha value is 0.120. The number of esters is 1. The highest BCUT2D eigenvalue weighted by Crippen LogP contribution is 2.35. The van der Waals surface area contributed by atoms with Crippen molar-refractivity contribution in [1.82, 2.24) is 0 Å². The second-order valence-electron chi connectivity index (χ2n) is 3.34. The molecule has 0 spiro atoms. The maximum atomic E-state index is 11.6. The van der Waals surface area contributed by atoms with Gasteiger partial charge in [-0.1, -0.05) is 22.6 Å². The summed E-state index contributed by atoms with van der Waals surface area (Å²) in [7, 11) is 2.82. The van der Waals surface area contributed by atoms with Crippen LogP contribution in [0, 0.1) is 0 Å². The number of alkyl halides is 1. The largest absolute Gasteiger partial charge is 0.465 e. The molecule has 4 nitrogen and oxygen atoms in total. The van der Waals surface area contributed by atoms with Crippen LogP contribution in [0.25, 0.3) is 0 Å². The van der Waals surface area contributed by atoms with E-state index in [1.54, 1.807) is 0 Å². The normalized spacial score (nSPS) is 38.0. The summed E-state index contributed by atoms with van der Waals surface area (Å²) in [6, 6.07) is 0. The molecule has 0 saturated carbocycles. The number of ether oxygens (including phenoxy) is 3. The molecular weight excluding hydrogens is 299 g/mol. The molecule has 1 heterocycles. The van der Waals surface area contributed by atoms with Gasteiger partial charge in [0.2, 0.25) is 0 Å². The van der Waals surface area contributed by atoms with Crippen LogP contribution in [0.15, 0.2) is 0 Å². The van der Waals surface area contributed by atoms with Crippen LogP contribution in [0.2, 0.25) is 0 Å². The number of carbonyl (C=O) groups excluding carboxylic acids is 1. The molecule has 1 rings (SSSR count). The summed E-state index contributed by atoms with van der Waals surface area (Å²) in [5.41, 5.74) is 0. The van der Waals surface area contributed by atoms with Crippen molar-refractivity contribution in [3.63, 3.8) is 0 Å². The molecule has 5 heteroatoms. The van der Waals surface area contributed by atoms with Gasteiger partial charge in [-0.15, -0.1) is 0 Å². The fraction of sp³-hybridized carbons (Fsp3) is 0.889. The predicted octanol–water partition coefficient (Wildman–Crippen LogP) is 1.50. The van der Waals surface area contributed by atoms with Crippen molar-refractivity contribution in [1.29, 1.82) is 0 Å². The predicted molar refractivity (Wildman–Crippen MR) is 59.3 cm³/mol. The minimum absolute atomic E-state index is 0.00579. The van der Waals surface area contributed by atoms with Crippen LogP contribution in [-0.2, 0) is 19.0 Å². The van der Waals surface area contributed by atoms with Crippen molar-refractivity contribution in [2.75, 3.05) is 14.2 Å². The van der Waals surface area contributed by atoms with Gasteiger partial charge in [-0.3, -0.25) is 0 Å². The Morgan fingerprint density at radius 1 is 1.50 bits per heavy atom. The maximum Gasteiger partial charge on any atom is 0.367 e. The van der Waals surface area contributed by atoms with Crippen LogP contribution >= 0.6 is 22.6 Å². The lowest BCUT2D eigenvalue weighted by atomic mass is 10.0. The van der Waals surface area contributed by atoms with Gasteiger partial charge in [-0.25, -0.2) is 4.79 Å². The van der Waals surface area contributed by atoms with Gasteiger partial charge in [-0.05, 0) is 19.8 Å². The third kappa shape index (κ3) is 2.04. The number of hydrogen-bond donors (Lipinski definition) is 0. The van der Waals surface area contributed by atoms with E-state index in [0.29, 0.717) is 0 Å². The van der Waals surface area contributed by atoms with Gasteiger partial charge in [-0.2, -0.15) is 0 Å². The van der Waals surface area contributed by atoms with Gasteiger partial charge >= 0.3 is 5.97 Å². The standard InChI is InChI=1S/C9H15IO4/c1-6-4-5-7(10)9(13-3,14-6)8(11)12-2/h6-7H,4-5H2,1-3H3/t6-,7-,9-/m0/s1. The Balaban J connectivity index is 2.88. The summed E-state index contributed by atoms with van der Waals surface area (Å²) in [4.78, 5) is 11.6. The first kappa shape index (κ1) is 12.2. The second kappa shape index (κ2) is 4.76. The molecule has 1 aliphatic rings. The molecule has 14 heavy (non-hydrogen) atoms. The number of hydrogen-bond acceptors (Lipinski definition) is 4. The van der Waals surface area contributed by atoms with Gasteiger partial charge in [0.25, 0.3) is 5.79 Å². The Morgan fingerprint density at radius 2 is 2.14 bits per heavy atom. The van der Waals surface area contributed by atoms with E-state index in [9.17, 15) is 4.79 Å². The maximum absolute atomic E-state index is 11.6. The molecular formula is C9H15IO4. The van der Waals surface area contributed by atoms with Crippen LogP contribution in [0.3, 0.4) is 0 Å². The molecule has 0 aliphatic carbocycles. The van der Waals surface area contributed by atoms with E-state index in [-0.39, 0.29) is 10.0 Å². The van der Waals surface area contributed by atoms with Crippen molar-refractivity contribution in [2.24, 2.45) is 0 Å². The zero-order valence-electron chi connectivity index (χ0n) is 8.58. The Labute approximate surface area is 97.4 Å². The first-order valence-corrected chi connectivity index (χ1v) is 5.77. The van der Waals surface area contributed by atoms with E-state index in [1.807, 2.05) is 6.92 Å². The molecule has 1 aliphatic heterocycles. The van der Waals surface area contributed by atoms with E-state index >= 15 is 0 Å². The van der Waals surface area contributed by atoms with Gasteiger partial charge in [0, 0.05) is 7.11 Å². The molecule has 1 saturated heterocycles. The average molecular weight is 314 g/mol. The summed E-state index contributed by atoms with van der Waals surface area (Å²) in [6.45, 7) is 1.93. The zero-order chi connectivity index (χ0) is 10.8. The van der Waals surface area contributed by atoms with Crippen LogP contribution < -0.4 is 0 Å². The fourth-order valence-corrected chi connectivity index (χ4v) is 2.60. The van der Waals surface area contributed by atoms with Crippen LogP contribution in [0.4, 0.5) is 0 Å². The Bertz CT molecular complexity index is 221. The monoisotopic (exact) mass is 314 g/mol. The zero-order valence-corrected chi connectivity index (χ0v) is 10.7. The van der Waals surface area contributed by atoms with E-state index in [0.717, 1.165) is 12.8 Å². The smallest absolute Gasteiger partial charge is 0.367 e. The number of methoxy groups -OCH3 is 2. The summed E-state index contributed by atoms with van der Waals surface area (Å²) >= 11 is 2.17. The molecule has 0 radical (unpaired) electrons. The van der Waals surface area contributed by atoms with Gasteiger partial charge in [0.05, 0.1) is 17.1 Å². The lowest BCUT2D eigenvalue weighted by Gasteiger charge is -2.39. The first-order chi connectivity index (χ1) is 6.56. The third-order valence-electron chi connectivity index (χ3n) is 2.39. The average Bonchev–Trinajstić information content (AvgIpc) is 2.20. The van der Waals surface area contributed by atoms with E-state index < -0.39 is 11.8 Å². The Kier molecular flexibility index (Phi) is 4.15. The molecule has 0 aromatic carbocycles. The molecule has 0 amide bonds. The van der Waals surface area contributed by atoms with Crippen LogP contribution in [-0.4, -0.2) is 36.0 Å². The number of halogens is 1. The SMILES string of the molecule is COC(=O)[C@@]1(OC)O[C@@H](C)CC[C@@H]1I. The summed E-state index contributed by atoms with van der Waals surface area (Å²) in [6.07, 6.45) is 1.86. The highest BCUT2D eigenvalue weighted by molar-refractivity contribution is 14.1. The van der Waals surface area contributed by atoms with Crippen molar-refractivity contribution in [2.45, 2.75) is 35.6 Å². The molecule has 0 unspecified atom stereocenters. The van der Waals surface area contributed by atoms with Crippen LogP contribution in [0.1, 0.15) is 19.8 Å². The van der Waals surface area contributed by atoms with E-state index in [2.05, 4.69) is 22.6 Å². The van der Waals surface area contributed by atoms with Crippen molar-refractivity contribution in [3.05, 3.63) is 0 Å². The van der Waals surface area contributed by atoms with Gasteiger partial charge in [0.1, 0.15) is 0 Å². The summed E-state index contributed by atoms with van der Waals surface area (Å²) < 4.78 is 15.5. The lowest BCUT2D eigenvalue weighted by molar-refractivity contribution is -0.260. The van der Waals surface area contributed by atoms with Gasteiger partial charge < -0.3 is 14.2 Å². The fourth-order valence-electron chi connectivity index (χ4n) is 1.58. The van der Waals surface area contributed by atoms with Gasteiger partial charge in [0.15, 0.2) is 0 Å². The first-order valence-electron chi connectivity index (χ1n) is 4.52. The van der Waals surface area contributed by atoms with Crippen molar-refractivity contribution >= 4 is 28.6 Å². The van der Waals surface area contributed by atoms with Crippen molar-refractivity contribution < 1.29 is 19.0 Å². The molecule has 0 aromatic rings. The molecule has 0 aromatic heterocycles. The second-order valence-corrected chi connectivity index (χ2v) is 4.84. The highest BCUT2D eigenvalue weighted by Gasteiger charge is 2.51. The highest BCUT2D eigenvalue weighted by atomic mass is 127. The molecule has 3 atom stereocenters. The molecule has 0 N–H and O–H groups in total. The summed E-state index contributed by atoms with van der Waals surface area (Å²) in [5, 5.41) is 0. The van der Waals surface area contributed by atoms with E-state index in [4.69, 9.17) is 14.2 Å². The number of rotatable bonds is 2. The number of carbonyl (C=O) groups is 1. The molecule has 0 bridgehead atoms. The quantitative estimate of drug-likeness (QED) is 0.440. The molecule has 1 fully saturated rings. The minimum atomic E-state index is -1.22. The Morgan fingerprint density at radius 3 is 2.64 bits per heavy atom.